The molecule has 0 bridgehead atoms. The van der Waals surface area contributed by atoms with Crippen LogP contribution in [-0.4, -0.2) is 21.2 Å². The van der Waals surface area contributed by atoms with Crippen LogP contribution in [0, 0.1) is 5.82 Å². The van der Waals surface area contributed by atoms with Crippen molar-refractivity contribution in [3.63, 3.8) is 0 Å². The maximum Gasteiger partial charge on any atom is 0.303 e. The van der Waals surface area contributed by atoms with Crippen LogP contribution < -0.4 is 0 Å². The molecule has 19 heavy (non-hydrogen) atoms. The molecule has 0 aliphatic carbocycles. The van der Waals surface area contributed by atoms with E-state index in [1.54, 1.807) is 18.2 Å². The van der Waals surface area contributed by atoms with Crippen LogP contribution in [0.15, 0.2) is 28.8 Å². The van der Waals surface area contributed by atoms with Gasteiger partial charge in [-0.3, -0.25) is 4.79 Å². The first-order valence-electron chi connectivity index (χ1n) is 5.92. The summed E-state index contributed by atoms with van der Waals surface area (Å²) in [5, 5.41) is 12.3. The van der Waals surface area contributed by atoms with Crippen molar-refractivity contribution in [2.75, 3.05) is 0 Å². The number of carboxylic acid groups (broad SMARTS) is 1. The molecule has 0 saturated heterocycles. The average Bonchev–Trinajstić information content (AvgIpc) is 2.79. The first-order valence-corrected chi connectivity index (χ1v) is 5.92. The highest BCUT2D eigenvalue weighted by atomic mass is 19.1. The van der Waals surface area contributed by atoms with Crippen molar-refractivity contribution in [3.8, 4) is 0 Å². The highest BCUT2D eigenvalue weighted by Crippen LogP contribution is 2.11. The lowest BCUT2D eigenvalue weighted by atomic mass is 10.1. The minimum absolute atomic E-state index is 0.0605. The zero-order valence-corrected chi connectivity index (χ0v) is 10.2. The van der Waals surface area contributed by atoms with Crippen molar-refractivity contribution in [1.82, 2.24) is 10.1 Å². The number of aryl methyl sites for hydroxylation is 1. The third-order valence-electron chi connectivity index (χ3n) is 2.60. The van der Waals surface area contributed by atoms with Crippen LogP contribution in [0.25, 0.3) is 0 Å². The summed E-state index contributed by atoms with van der Waals surface area (Å²) in [7, 11) is 0. The van der Waals surface area contributed by atoms with Crippen molar-refractivity contribution in [3.05, 3.63) is 47.4 Å². The third-order valence-corrected chi connectivity index (χ3v) is 2.60. The number of aromatic nitrogens is 2. The summed E-state index contributed by atoms with van der Waals surface area (Å²) >= 11 is 0. The topological polar surface area (TPSA) is 76.2 Å². The number of benzene rings is 1. The predicted octanol–water partition coefficient (Wildman–Crippen LogP) is 2.21. The number of aliphatic carboxylic acids is 1. The zero-order chi connectivity index (χ0) is 13.7. The van der Waals surface area contributed by atoms with Gasteiger partial charge in [-0.2, -0.15) is 4.98 Å². The van der Waals surface area contributed by atoms with Crippen LogP contribution >= 0.6 is 0 Å². The molecule has 1 heterocycles. The Balaban J connectivity index is 1.94. The largest absolute Gasteiger partial charge is 0.481 e. The van der Waals surface area contributed by atoms with Gasteiger partial charge in [-0.25, -0.2) is 4.39 Å². The summed E-state index contributed by atoms with van der Waals surface area (Å²) < 4.78 is 18.4. The number of hydrogen-bond donors (Lipinski definition) is 1. The Bertz CT molecular complexity index is 569. The van der Waals surface area contributed by atoms with Crippen LogP contribution in [0.2, 0.25) is 0 Å². The van der Waals surface area contributed by atoms with Crippen LogP contribution in [0.1, 0.15) is 30.1 Å². The Morgan fingerprint density at radius 3 is 2.89 bits per heavy atom. The van der Waals surface area contributed by atoms with Gasteiger partial charge in [-0.05, 0) is 18.1 Å². The maximum absolute atomic E-state index is 13.4. The van der Waals surface area contributed by atoms with E-state index in [-0.39, 0.29) is 18.7 Å². The molecule has 5 nitrogen and oxygen atoms in total. The average molecular weight is 264 g/mol. The summed E-state index contributed by atoms with van der Waals surface area (Å²) in [6, 6.07) is 6.40. The van der Waals surface area contributed by atoms with Gasteiger partial charge < -0.3 is 9.63 Å². The molecule has 0 spiro atoms. The summed E-state index contributed by atoms with van der Waals surface area (Å²) in [4.78, 5) is 14.5. The minimum atomic E-state index is -0.855. The molecule has 0 radical (unpaired) electrons. The minimum Gasteiger partial charge on any atom is -0.481 e. The number of carboxylic acids is 1. The van der Waals surface area contributed by atoms with E-state index in [9.17, 15) is 9.18 Å². The number of nitrogens with zero attached hydrogens (tertiary/aromatic N) is 2. The van der Waals surface area contributed by atoms with E-state index >= 15 is 0 Å². The predicted molar refractivity (Wildman–Crippen MR) is 64.1 cm³/mol. The number of carbonyl (C=O) groups is 1. The lowest BCUT2D eigenvalue weighted by molar-refractivity contribution is -0.137. The second-order valence-electron chi connectivity index (χ2n) is 4.12. The summed E-state index contributed by atoms with van der Waals surface area (Å²) in [6.45, 7) is 0. The summed E-state index contributed by atoms with van der Waals surface area (Å²) in [5.41, 5.74) is 0.500. The fourth-order valence-electron chi connectivity index (χ4n) is 1.67. The lowest BCUT2D eigenvalue weighted by Crippen LogP contribution is -1.97. The molecule has 100 valence electrons. The van der Waals surface area contributed by atoms with Gasteiger partial charge in [0.05, 0.1) is 0 Å². The number of hydrogen-bond acceptors (Lipinski definition) is 4. The Morgan fingerprint density at radius 1 is 1.37 bits per heavy atom. The van der Waals surface area contributed by atoms with Gasteiger partial charge in [0.15, 0.2) is 5.82 Å². The van der Waals surface area contributed by atoms with E-state index in [1.165, 1.54) is 6.07 Å². The van der Waals surface area contributed by atoms with Gasteiger partial charge in [0.1, 0.15) is 5.82 Å². The van der Waals surface area contributed by atoms with E-state index < -0.39 is 5.97 Å². The fraction of sp³-hybridized carbons (Fsp3) is 0.308. The van der Waals surface area contributed by atoms with Crippen molar-refractivity contribution >= 4 is 5.97 Å². The molecule has 0 saturated carbocycles. The smallest absolute Gasteiger partial charge is 0.303 e. The molecule has 1 aromatic carbocycles. The Morgan fingerprint density at radius 2 is 2.16 bits per heavy atom. The molecule has 0 fully saturated rings. The normalized spacial score (nSPS) is 10.6. The number of halogens is 1. The highest BCUT2D eigenvalue weighted by molar-refractivity contribution is 5.66. The molecule has 1 aromatic heterocycles. The van der Waals surface area contributed by atoms with E-state index in [0.29, 0.717) is 30.1 Å². The van der Waals surface area contributed by atoms with Gasteiger partial charge in [-0.15, -0.1) is 0 Å². The Hall–Kier alpha value is -2.24. The molecule has 0 aliphatic rings. The first-order chi connectivity index (χ1) is 9.15. The first kappa shape index (κ1) is 13.2. The Kier molecular flexibility index (Phi) is 4.22. The highest BCUT2D eigenvalue weighted by Gasteiger charge is 2.10. The quantitative estimate of drug-likeness (QED) is 0.865. The molecule has 1 N–H and O–H groups in total. The van der Waals surface area contributed by atoms with Crippen LogP contribution in [0.5, 0.6) is 0 Å². The Labute approximate surface area is 109 Å². The molecular formula is C13H13FN2O3. The van der Waals surface area contributed by atoms with Gasteiger partial charge in [0.2, 0.25) is 5.89 Å². The lowest BCUT2D eigenvalue weighted by Gasteiger charge is -1.97. The molecule has 0 atom stereocenters. The van der Waals surface area contributed by atoms with Gasteiger partial charge in [-0.1, -0.05) is 23.4 Å². The summed E-state index contributed by atoms with van der Waals surface area (Å²) in [6.07, 6.45) is 1.17. The summed E-state index contributed by atoms with van der Waals surface area (Å²) in [5.74, 6) is -0.381. The molecule has 2 aromatic rings. The SMILES string of the molecule is O=C(O)CCCc1nc(Cc2ccccc2F)no1. The number of rotatable bonds is 6. The van der Waals surface area contributed by atoms with Crippen LogP contribution in [0.3, 0.4) is 0 Å². The zero-order valence-electron chi connectivity index (χ0n) is 10.2. The molecule has 6 heteroatoms. The fourth-order valence-corrected chi connectivity index (χ4v) is 1.67. The van der Waals surface area contributed by atoms with Crippen LogP contribution in [0.4, 0.5) is 4.39 Å². The second-order valence-corrected chi connectivity index (χ2v) is 4.12. The molecule has 2 rings (SSSR count). The molecule has 0 unspecified atom stereocenters. The van der Waals surface area contributed by atoms with Gasteiger partial charge in [0.25, 0.3) is 0 Å². The van der Waals surface area contributed by atoms with E-state index in [0.717, 1.165) is 0 Å². The standard InChI is InChI=1S/C13H13FN2O3/c14-10-5-2-1-4-9(10)8-11-15-12(19-16-11)6-3-7-13(17)18/h1-2,4-5H,3,6-8H2,(H,17,18). The third kappa shape index (κ3) is 3.87. The molecule has 0 aliphatic heterocycles. The van der Waals surface area contributed by atoms with Crippen molar-refractivity contribution < 1.29 is 18.8 Å². The molecule has 0 amide bonds. The van der Waals surface area contributed by atoms with E-state index in [1.807, 2.05) is 0 Å². The maximum atomic E-state index is 13.4. The van der Waals surface area contributed by atoms with Crippen LogP contribution in [-0.2, 0) is 17.6 Å². The van der Waals surface area contributed by atoms with Gasteiger partial charge in [0, 0.05) is 19.3 Å². The van der Waals surface area contributed by atoms with Crippen molar-refractivity contribution in [2.24, 2.45) is 0 Å². The van der Waals surface area contributed by atoms with Gasteiger partial charge >= 0.3 is 5.97 Å². The van der Waals surface area contributed by atoms with Crippen molar-refractivity contribution in [1.29, 1.82) is 0 Å². The molecular weight excluding hydrogens is 251 g/mol. The monoisotopic (exact) mass is 264 g/mol. The second kappa shape index (κ2) is 6.08. The van der Waals surface area contributed by atoms with E-state index in [4.69, 9.17) is 9.63 Å². The van der Waals surface area contributed by atoms with E-state index in [2.05, 4.69) is 10.1 Å². The van der Waals surface area contributed by atoms with Crippen molar-refractivity contribution in [2.45, 2.75) is 25.7 Å².